The normalized spacial score (nSPS) is 13.9. The van der Waals surface area contributed by atoms with Crippen LogP contribution in [0.1, 0.15) is 0 Å². The lowest BCUT2D eigenvalue weighted by Crippen LogP contribution is -2.61. The monoisotopic (exact) mass is 301 g/mol. The van der Waals surface area contributed by atoms with Crippen LogP contribution < -0.4 is 0 Å². The predicted molar refractivity (Wildman–Crippen MR) is 42.5 cm³/mol. The van der Waals surface area contributed by atoms with Gasteiger partial charge in [0.15, 0.2) is 0 Å². The van der Waals surface area contributed by atoms with Gasteiger partial charge >= 0.3 is 12.4 Å². The first-order valence-corrected chi connectivity index (χ1v) is 4.19. The summed E-state index contributed by atoms with van der Waals surface area (Å²) in [5, 5.41) is 0. The topological polar surface area (TPSA) is 20.3 Å². The van der Waals surface area contributed by atoms with Gasteiger partial charge in [0.25, 0.3) is 10.2 Å². The van der Waals surface area contributed by atoms with Crippen LogP contribution in [0.25, 0.3) is 0 Å². The summed E-state index contributed by atoms with van der Waals surface area (Å²) < 4.78 is 68.6. The molecule has 1 amide bonds. The van der Waals surface area contributed by atoms with Crippen LogP contribution in [-0.2, 0) is 4.79 Å². The van der Waals surface area contributed by atoms with Crippen LogP contribution in [0, 0.1) is 0 Å². The molecule has 15 heavy (non-hydrogen) atoms. The molecule has 0 aliphatic heterocycles. The predicted octanol–water partition coefficient (Wildman–Crippen LogP) is 2.33. The third kappa shape index (κ3) is 2.37. The average Bonchev–Trinajstić information content (AvgIpc) is 1.96. The number of rotatable bonds is 1. The maximum absolute atomic E-state index is 12.2. The van der Waals surface area contributed by atoms with Gasteiger partial charge in [-0.1, -0.05) is 15.9 Å². The Morgan fingerprint density at radius 3 is 1.33 bits per heavy atom. The molecule has 0 fully saturated rings. The minimum absolute atomic E-state index is 0.218. The molecule has 0 aliphatic rings. The van der Waals surface area contributed by atoms with E-state index in [9.17, 15) is 31.1 Å². The highest BCUT2D eigenvalue weighted by atomic mass is 79.9. The zero-order valence-corrected chi connectivity index (χ0v) is 9.09. The van der Waals surface area contributed by atoms with Gasteiger partial charge in [0.1, 0.15) is 0 Å². The maximum atomic E-state index is 12.2. The lowest BCUT2D eigenvalue weighted by Gasteiger charge is -2.32. The summed E-state index contributed by atoms with van der Waals surface area (Å²) in [6.07, 6.45) is -11.5. The fourth-order valence-electron chi connectivity index (χ4n) is 0.711. The van der Waals surface area contributed by atoms with E-state index in [-0.39, 0.29) is 4.90 Å². The van der Waals surface area contributed by atoms with E-state index in [1.54, 1.807) is 0 Å². The molecule has 0 radical (unpaired) electrons. The standard InChI is InChI=1S/C6H6BrF6NO/c1-14(2)3(15)4(7,5(8,9)10)6(11,12)13/h1-2H3. The molecule has 0 N–H and O–H groups in total. The van der Waals surface area contributed by atoms with Crippen molar-refractivity contribution in [3.05, 3.63) is 0 Å². The van der Waals surface area contributed by atoms with Crippen molar-refractivity contribution in [3.63, 3.8) is 0 Å². The molecule has 90 valence electrons. The van der Waals surface area contributed by atoms with Crippen LogP contribution in [0.3, 0.4) is 0 Å². The van der Waals surface area contributed by atoms with E-state index in [1.807, 2.05) is 0 Å². The number of hydrogen-bond acceptors (Lipinski definition) is 1. The second kappa shape index (κ2) is 3.84. The van der Waals surface area contributed by atoms with Gasteiger partial charge in [-0.05, 0) is 0 Å². The lowest BCUT2D eigenvalue weighted by molar-refractivity contribution is -0.257. The summed E-state index contributed by atoms with van der Waals surface area (Å²) in [4.78, 5) is 11.1. The first-order valence-electron chi connectivity index (χ1n) is 3.40. The number of alkyl halides is 7. The van der Waals surface area contributed by atoms with Crippen molar-refractivity contribution in [2.45, 2.75) is 16.7 Å². The largest absolute Gasteiger partial charge is 0.421 e. The quantitative estimate of drug-likeness (QED) is 0.538. The zero-order valence-electron chi connectivity index (χ0n) is 7.50. The van der Waals surface area contributed by atoms with Crippen molar-refractivity contribution in [1.29, 1.82) is 0 Å². The second-order valence-electron chi connectivity index (χ2n) is 2.85. The van der Waals surface area contributed by atoms with Crippen LogP contribution in [0.2, 0.25) is 0 Å². The minimum atomic E-state index is -5.76. The highest BCUT2D eigenvalue weighted by Crippen LogP contribution is 2.50. The zero-order chi connectivity index (χ0) is 12.7. The number of nitrogens with zero attached hydrogens (tertiary/aromatic N) is 1. The Kier molecular flexibility index (Phi) is 3.72. The van der Waals surface area contributed by atoms with Crippen LogP contribution in [0.5, 0.6) is 0 Å². The first kappa shape index (κ1) is 14.5. The molecule has 0 saturated heterocycles. The fourth-order valence-corrected chi connectivity index (χ4v) is 1.07. The minimum Gasteiger partial charge on any atom is -0.347 e. The van der Waals surface area contributed by atoms with Crippen molar-refractivity contribution in [3.8, 4) is 0 Å². The van der Waals surface area contributed by atoms with E-state index in [2.05, 4.69) is 0 Å². The van der Waals surface area contributed by atoms with Crippen LogP contribution in [0.15, 0.2) is 0 Å². The van der Waals surface area contributed by atoms with Crippen molar-refractivity contribution in [2.75, 3.05) is 14.1 Å². The third-order valence-electron chi connectivity index (χ3n) is 1.48. The lowest BCUT2D eigenvalue weighted by atomic mass is 10.1. The van der Waals surface area contributed by atoms with E-state index in [0.717, 1.165) is 14.1 Å². The van der Waals surface area contributed by atoms with E-state index in [1.165, 1.54) is 15.9 Å². The second-order valence-corrected chi connectivity index (χ2v) is 4.04. The van der Waals surface area contributed by atoms with Gasteiger partial charge < -0.3 is 4.90 Å². The van der Waals surface area contributed by atoms with Gasteiger partial charge in [-0.2, -0.15) is 26.3 Å². The van der Waals surface area contributed by atoms with Gasteiger partial charge in [0.05, 0.1) is 0 Å². The van der Waals surface area contributed by atoms with E-state index >= 15 is 0 Å². The summed E-state index contributed by atoms with van der Waals surface area (Å²) in [5.41, 5.74) is 0. The Morgan fingerprint density at radius 1 is 1.00 bits per heavy atom. The third-order valence-corrected chi connectivity index (χ3v) is 2.72. The Labute approximate surface area is 89.3 Å². The SMILES string of the molecule is CN(C)C(=O)C(Br)(C(F)(F)F)C(F)(F)F. The van der Waals surface area contributed by atoms with Crippen molar-refractivity contribution in [1.82, 2.24) is 4.90 Å². The molecule has 0 spiro atoms. The summed E-state index contributed by atoms with van der Waals surface area (Å²) in [5.74, 6) is -2.12. The Hall–Kier alpha value is -0.470. The van der Waals surface area contributed by atoms with Gasteiger partial charge in [0, 0.05) is 14.1 Å². The highest BCUT2D eigenvalue weighted by Gasteiger charge is 2.74. The number of hydrogen-bond donors (Lipinski definition) is 0. The number of carbonyl (C=O) groups is 1. The average molecular weight is 302 g/mol. The van der Waals surface area contributed by atoms with E-state index in [0.29, 0.717) is 0 Å². The molecule has 9 heteroatoms. The molecule has 0 saturated carbocycles. The van der Waals surface area contributed by atoms with Gasteiger partial charge in [0.2, 0.25) is 0 Å². The molecule has 0 heterocycles. The van der Waals surface area contributed by atoms with Crippen molar-refractivity contribution >= 4 is 21.8 Å². The summed E-state index contributed by atoms with van der Waals surface area (Å²) in [6, 6.07) is 0. The number of amides is 1. The molecule has 0 aliphatic carbocycles. The van der Waals surface area contributed by atoms with Crippen LogP contribution in [-0.4, -0.2) is 41.6 Å². The Bertz CT molecular complexity index is 243. The van der Waals surface area contributed by atoms with E-state index < -0.39 is 22.6 Å². The van der Waals surface area contributed by atoms with Gasteiger partial charge in [-0.25, -0.2) is 0 Å². The van der Waals surface area contributed by atoms with Gasteiger partial charge in [-0.15, -0.1) is 0 Å². The van der Waals surface area contributed by atoms with Crippen LogP contribution in [0.4, 0.5) is 26.3 Å². The van der Waals surface area contributed by atoms with Crippen molar-refractivity contribution < 1.29 is 31.1 Å². The molecular formula is C6H6BrF6NO. The molecular weight excluding hydrogens is 296 g/mol. The molecule has 0 atom stereocenters. The Morgan fingerprint density at radius 2 is 1.27 bits per heavy atom. The van der Waals surface area contributed by atoms with Crippen LogP contribution >= 0.6 is 15.9 Å². The smallest absolute Gasteiger partial charge is 0.347 e. The molecule has 0 bridgehead atoms. The number of halogens is 7. The summed E-state index contributed by atoms with van der Waals surface area (Å²) >= 11 is 1.45. The summed E-state index contributed by atoms with van der Waals surface area (Å²) in [6.45, 7) is 0. The molecule has 0 unspecified atom stereocenters. The first-order chi connectivity index (χ1) is 6.35. The van der Waals surface area contributed by atoms with Gasteiger partial charge in [-0.3, -0.25) is 4.79 Å². The molecule has 0 aromatic rings. The van der Waals surface area contributed by atoms with E-state index in [4.69, 9.17) is 0 Å². The Balaban J connectivity index is 5.54. The molecule has 0 aromatic heterocycles. The molecule has 0 rings (SSSR count). The highest BCUT2D eigenvalue weighted by molar-refractivity contribution is 9.10. The summed E-state index contributed by atoms with van der Waals surface area (Å²) in [7, 11) is 1.60. The number of carbonyl (C=O) groups excluding carboxylic acids is 1. The fraction of sp³-hybridized carbons (Fsp3) is 0.833. The van der Waals surface area contributed by atoms with Crippen molar-refractivity contribution in [2.24, 2.45) is 0 Å². The molecule has 2 nitrogen and oxygen atoms in total. The maximum Gasteiger partial charge on any atom is 0.421 e. The molecule has 0 aromatic carbocycles.